The number of fused-ring (bicyclic) bond motifs is 2. The Hall–Kier alpha value is -2.48. The Labute approximate surface area is 165 Å². The number of hydrogen-bond donors (Lipinski definition) is 1. The maximum atomic E-state index is 13.4. The van der Waals surface area contributed by atoms with E-state index in [-0.39, 0.29) is 25.4 Å². The molecule has 1 N–H and O–H groups in total. The first-order chi connectivity index (χ1) is 12.3. The van der Waals surface area contributed by atoms with Crippen LogP contribution in [0.25, 0.3) is 0 Å². The van der Waals surface area contributed by atoms with Crippen LogP contribution in [0.15, 0.2) is 30.2 Å². The van der Waals surface area contributed by atoms with Gasteiger partial charge < -0.3 is 10.0 Å². The van der Waals surface area contributed by atoms with E-state index in [1.807, 2.05) is 0 Å². The number of urea groups is 1. The molecule has 27 heavy (non-hydrogen) atoms. The van der Waals surface area contributed by atoms with E-state index in [1.165, 1.54) is 35.4 Å². The zero-order valence-electron chi connectivity index (χ0n) is 13.9. The number of rotatable bonds is 5. The van der Waals surface area contributed by atoms with Gasteiger partial charge in [-0.3, -0.25) is 14.7 Å². The Morgan fingerprint density at radius 1 is 1.44 bits per heavy atom. The number of hydroxylamine groups is 2. The first-order valence-corrected chi connectivity index (χ1v) is 7.66. The number of likely N-dealkylation sites (N-methyl/N-ethyl adjacent to an activating group) is 1. The average Bonchev–Trinajstić information content (AvgIpc) is 2.86. The number of carboxylic acids is 1. The number of alkyl halides is 1. The van der Waals surface area contributed by atoms with Gasteiger partial charge in [0.15, 0.2) is 5.82 Å². The first kappa shape index (κ1) is 20.8. The number of hydrogen-bond acceptors (Lipinski definition) is 6. The van der Waals surface area contributed by atoms with Gasteiger partial charge >= 0.3 is 37.2 Å². The summed E-state index contributed by atoms with van der Waals surface area (Å²) in [7, 11) is 1.50. The minimum atomic E-state index is -2.68. The van der Waals surface area contributed by atoms with E-state index >= 15 is 0 Å². The Kier molecular flexibility index (Phi) is 6.20. The summed E-state index contributed by atoms with van der Waals surface area (Å²) >= 11 is 0. The van der Waals surface area contributed by atoms with Crippen molar-refractivity contribution in [2.75, 3.05) is 18.5 Å². The van der Waals surface area contributed by atoms with Crippen molar-refractivity contribution in [2.24, 2.45) is 0 Å². The molecular formula is C15H17FLiN5O5. The Morgan fingerprint density at radius 2 is 2.15 bits per heavy atom. The summed E-state index contributed by atoms with van der Waals surface area (Å²) in [6.45, 7) is 1.74. The molecule has 0 spiro atoms. The standard InChI is InChI=1S/C15H16FN5O5.Li.H/c1-8-5-9-7-20(15(25)21(9)26-12(16)14(23)24)11(8)13(22)19(2)10-6-17-3-4-18-10;;/h3-6,9,11-12H,7H2,1-2H3,(H,23,24);;/t9-,11+,12-;;/m1../s1. The number of carbonyl (C=O) groups excluding carboxylic acids is 2. The van der Waals surface area contributed by atoms with Gasteiger partial charge in [-0.2, -0.15) is 5.06 Å². The van der Waals surface area contributed by atoms with Gasteiger partial charge in [-0.1, -0.05) is 6.08 Å². The van der Waals surface area contributed by atoms with E-state index in [1.54, 1.807) is 13.0 Å². The molecule has 10 nitrogen and oxygen atoms in total. The third kappa shape index (κ3) is 3.80. The van der Waals surface area contributed by atoms with Crippen molar-refractivity contribution in [3.63, 3.8) is 0 Å². The third-order valence-corrected chi connectivity index (χ3v) is 4.18. The molecule has 2 bridgehead atoms. The van der Waals surface area contributed by atoms with Crippen LogP contribution in [0.1, 0.15) is 6.92 Å². The molecule has 0 saturated carbocycles. The van der Waals surface area contributed by atoms with Crippen LogP contribution >= 0.6 is 0 Å². The molecule has 0 aromatic carbocycles. The van der Waals surface area contributed by atoms with E-state index < -0.39 is 36.3 Å². The molecule has 12 heteroatoms. The molecule has 1 aromatic rings. The molecule has 1 aromatic heterocycles. The van der Waals surface area contributed by atoms with E-state index in [0.717, 1.165) is 0 Å². The second-order valence-corrected chi connectivity index (χ2v) is 5.86. The predicted molar refractivity (Wildman–Crippen MR) is 91.5 cm³/mol. The van der Waals surface area contributed by atoms with Crippen molar-refractivity contribution in [1.29, 1.82) is 0 Å². The van der Waals surface area contributed by atoms with Crippen LogP contribution in [0, 0.1) is 0 Å². The predicted octanol–water partition coefficient (Wildman–Crippen LogP) is -0.463. The van der Waals surface area contributed by atoms with Crippen LogP contribution in [0.5, 0.6) is 0 Å². The SMILES string of the molecule is CC1=C[C@@H]2CN(C(=O)N2O[C@@H](F)C(=O)O)[C@@H]1C(=O)N(C)c1cnccn1.[LiH]. The quantitative estimate of drug-likeness (QED) is 0.548. The molecule has 1 fully saturated rings. The zero-order valence-corrected chi connectivity index (χ0v) is 13.9. The molecule has 0 unspecified atom stereocenters. The third-order valence-electron chi connectivity index (χ3n) is 4.18. The van der Waals surface area contributed by atoms with E-state index in [0.29, 0.717) is 16.5 Å². The molecule has 3 atom stereocenters. The van der Waals surface area contributed by atoms with Crippen molar-refractivity contribution < 1.29 is 28.7 Å². The summed E-state index contributed by atoms with van der Waals surface area (Å²) in [5.74, 6) is -1.96. The van der Waals surface area contributed by atoms with Crippen LogP contribution < -0.4 is 4.90 Å². The number of halogens is 1. The minimum absolute atomic E-state index is 0. The summed E-state index contributed by atoms with van der Waals surface area (Å²) in [6.07, 6.45) is 3.22. The van der Waals surface area contributed by atoms with Gasteiger partial charge in [0, 0.05) is 19.4 Å². The number of aliphatic carboxylic acids is 1. The normalized spacial score (nSPS) is 22.0. The fourth-order valence-corrected chi connectivity index (χ4v) is 2.96. The van der Waals surface area contributed by atoms with Gasteiger partial charge in [0.25, 0.3) is 5.91 Å². The van der Waals surface area contributed by atoms with Crippen molar-refractivity contribution in [3.05, 3.63) is 30.2 Å². The van der Waals surface area contributed by atoms with Crippen molar-refractivity contribution >= 4 is 42.6 Å². The zero-order chi connectivity index (χ0) is 19.0. The maximum absolute atomic E-state index is 13.4. The van der Waals surface area contributed by atoms with Crippen LogP contribution in [0.3, 0.4) is 0 Å². The number of carbonyl (C=O) groups is 3. The van der Waals surface area contributed by atoms with Gasteiger partial charge in [-0.15, -0.1) is 0 Å². The number of aromatic nitrogens is 2. The Bertz CT molecular complexity index is 779. The number of amides is 3. The van der Waals surface area contributed by atoms with E-state index in [4.69, 9.17) is 5.11 Å². The fourth-order valence-electron chi connectivity index (χ4n) is 2.96. The first-order valence-electron chi connectivity index (χ1n) is 7.66. The van der Waals surface area contributed by atoms with Gasteiger partial charge in [0.2, 0.25) is 0 Å². The average molecular weight is 373 g/mol. The Balaban J connectivity index is 0.00000261. The van der Waals surface area contributed by atoms with E-state index in [2.05, 4.69) is 14.8 Å². The van der Waals surface area contributed by atoms with Gasteiger partial charge in [-0.05, 0) is 12.5 Å². The second-order valence-electron chi connectivity index (χ2n) is 5.86. The van der Waals surface area contributed by atoms with Gasteiger partial charge in [0.05, 0.1) is 18.8 Å². The number of anilines is 1. The summed E-state index contributed by atoms with van der Waals surface area (Å²) in [4.78, 5) is 51.0. The molecule has 3 rings (SSSR count). The Morgan fingerprint density at radius 3 is 2.74 bits per heavy atom. The molecular weight excluding hydrogens is 356 g/mol. The molecule has 140 valence electrons. The number of nitrogens with zero attached hydrogens (tertiary/aromatic N) is 5. The van der Waals surface area contributed by atoms with Crippen LogP contribution in [0.4, 0.5) is 15.0 Å². The van der Waals surface area contributed by atoms with Crippen LogP contribution in [0.2, 0.25) is 0 Å². The molecule has 3 heterocycles. The fraction of sp³-hybridized carbons (Fsp3) is 0.400. The monoisotopic (exact) mass is 373 g/mol. The van der Waals surface area contributed by atoms with Crippen LogP contribution in [-0.2, 0) is 14.4 Å². The van der Waals surface area contributed by atoms with Crippen molar-refractivity contribution in [3.8, 4) is 0 Å². The molecule has 2 aliphatic rings. The summed E-state index contributed by atoms with van der Waals surface area (Å²) in [5.41, 5.74) is 0.562. The molecule has 2 aliphatic heterocycles. The van der Waals surface area contributed by atoms with Crippen molar-refractivity contribution in [1.82, 2.24) is 19.9 Å². The van der Waals surface area contributed by atoms with Crippen LogP contribution in [-0.4, -0.2) is 93.8 Å². The van der Waals surface area contributed by atoms with Crippen molar-refractivity contribution in [2.45, 2.75) is 25.4 Å². The van der Waals surface area contributed by atoms with Gasteiger partial charge in [-0.25, -0.2) is 23.8 Å². The number of carboxylic acid groups (broad SMARTS) is 1. The van der Waals surface area contributed by atoms with E-state index in [9.17, 15) is 18.8 Å². The molecule has 1 saturated heterocycles. The second kappa shape index (κ2) is 8.04. The summed E-state index contributed by atoms with van der Waals surface area (Å²) < 4.78 is 13.4. The molecule has 3 amide bonds. The summed E-state index contributed by atoms with van der Waals surface area (Å²) in [5, 5.41) is 9.27. The molecule has 0 aliphatic carbocycles. The topological polar surface area (TPSA) is 116 Å². The summed E-state index contributed by atoms with van der Waals surface area (Å²) in [6, 6.07) is -2.38. The molecule has 0 radical (unpaired) electrons. The van der Waals surface area contributed by atoms with Gasteiger partial charge in [0.1, 0.15) is 6.04 Å².